The van der Waals surface area contributed by atoms with Crippen molar-refractivity contribution < 1.29 is 0 Å². The van der Waals surface area contributed by atoms with Gasteiger partial charge in [0.2, 0.25) is 0 Å². The Labute approximate surface area is 105 Å². The lowest BCUT2D eigenvalue weighted by Crippen LogP contribution is -2.12. The van der Waals surface area contributed by atoms with E-state index in [2.05, 4.69) is 30.9 Å². The second kappa shape index (κ2) is 5.87. The van der Waals surface area contributed by atoms with E-state index < -0.39 is 0 Å². The number of hydrogen-bond acceptors (Lipinski definition) is 7. The minimum atomic E-state index is 0.554. The molecule has 7 heteroatoms. The second-order valence-corrected chi connectivity index (χ2v) is 3.62. The van der Waals surface area contributed by atoms with Gasteiger partial charge in [-0.05, 0) is 12.1 Å². The van der Waals surface area contributed by atoms with Crippen LogP contribution in [0.25, 0.3) is 0 Å². The average Bonchev–Trinajstić information content (AvgIpc) is 2.45. The van der Waals surface area contributed by atoms with Crippen molar-refractivity contribution in [2.24, 2.45) is 5.84 Å². The van der Waals surface area contributed by atoms with Crippen LogP contribution < -0.4 is 16.6 Å². The monoisotopic (exact) mass is 245 g/mol. The van der Waals surface area contributed by atoms with E-state index in [0.29, 0.717) is 18.2 Å². The minimum Gasteiger partial charge on any atom is -0.364 e. The molecule has 0 aromatic carbocycles. The zero-order valence-corrected chi connectivity index (χ0v) is 10.1. The summed E-state index contributed by atoms with van der Waals surface area (Å²) < 4.78 is 0. The Morgan fingerprint density at radius 1 is 1.28 bits per heavy atom. The molecule has 4 N–H and O–H groups in total. The number of hydrogen-bond donors (Lipinski definition) is 3. The van der Waals surface area contributed by atoms with Crippen LogP contribution in [0.1, 0.15) is 18.4 Å². The third-order valence-electron chi connectivity index (χ3n) is 2.31. The fourth-order valence-corrected chi connectivity index (χ4v) is 1.43. The van der Waals surface area contributed by atoms with Crippen LogP contribution in [0.5, 0.6) is 0 Å². The molecule has 0 saturated heterocycles. The number of nitrogens with one attached hydrogen (secondary N) is 2. The first-order chi connectivity index (χ1) is 8.81. The van der Waals surface area contributed by atoms with Gasteiger partial charge in [-0.25, -0.2) is 15.8 Å². The lowest BCUT2D eigenvalue weighted by atomic mass is 10.3. The van der Waals surface area contributed by atoms with Crippen LogP contribution in [0.2, 0.25) is 0 Å². The summed E-state index contributed by atoms with van der Waals surface area (Å²) in [6, 6.07) is 5.48. The minimum absolute atomic E-state index is 0.554. The van der Waals surface area contributed by atoms with Gasteiger partial charge >= 0.3 is 0 Å². The quantitative estimate of drug-likeness (QED) is 0.527. The summed E-state index contributed by atoms with van der Waals surface area (Å²) in [6.45, 7) is 2.54. The maximum absolute atomic E-state index is 5.36. The molecule has 0 spiro atoms. The summed E-state index contributed by atoms with van der Waals surface area (Å²) in [7, 11) is 0. The molecule has 0 atom stereocenters. The summed E-state index contributed by atoms with van der Waals surface area (Å²) in [5, 5.41) is 11.0. The third kappa shape index (κ3) is 3.11. The number of aromatic nitrogens is 4. The van der Waals surface area contributed by atoms with E-state index >= 15 is 0 Å². The van der Waals surface area contributed by atoms with Crippen LogP contribution in [0.15, 0.2) is 24.4 Å². The number of nitrogens with zero attached hydrogens (tertiary/aromatic N) is 4. The van der Waals surface area contributed by atoms with Gasteiger partial charge in [0, 0.05) is 18.7 Å². The highest BCUT2D eigenvalue weighted by Crippen LogP contribution is 2.11. The van der Waals surface area contributed by atoms with E-state index in [1.807, 2.05) is 19.1 Å². The van der Waals surface area contributed by atoms with Gasteiger partial charge in [-0.15, -0.1) is 0 Å². The van der Waals surface area contributed by atoms with E-state index in [4.69, 9.17) is 5.84 Å². The highest BCUT2D eigenvalue weighted by molar-refractivity contribution is 5.46. The molecule has 0 unspecified atom stereocenters. The van der Waals surface area contributed by atoms with Crippen LogP contribution >= 0.6 is 0 Å². The summed E-state index contributed by atoms with van der Waals surface area (Å²) >= 11 is 0. The molecular weight excluding hydrogens is 230 g/mol. The number of rotatable bonds is 5. The summed E-state index contributed by atoms with van der Waals surface area (Å²) in [4.78, 5) is 8.56. The van der Waals surface area contributed by atoms with Gasteiger partial charge in [-0.2, -0.15) is 10.2 Å². The van der Waals surface area contributed by atoms with Crippen molar-refractivity contribution in [2.75, 3.05) is 10.7 Å². The fourth-order valence-electron chi connectivity index (χ4n) is 1.43. The van der Waals surface area contributed by atoms with Crippen LogP contribution in [-0.2, 0) is 13.0 Å². The van der Waals surface area contributed by atoms with Crippen LogP contribution in [-0.4, -0.2) is 20.2 Å². The standard InChI is InChI=1S/C11H15N7/c1-2-9-15-10(6-11(16-9)17-12)13-7-8-4-3-5-14-18-8/h3-6H,2,7,12H2,1H3,(H2,13,15,16,17). The third-order valence-corrected chi connectivity index (χ3v) is 2.31. The molecule has 7 nitrogen and oxygen atoms in total. The predicted octanol–water partition coefficient (Wildman–Crippen LogP) is 0.727. The van der Waals surface area contributed by atoms with Crippen molar-refractivity contribution in [3.05, 3.63) is 35.9 Å². The molecule has 2 heterocycles. The number of hydrazine groups is 1. The van der Waals surface area contributed by atoms with Gasteiger partial charge in [0.25, 0.3) is 0 Å². The van der Waals surface area contributed by atoms with Gasteiger partial charge in [0.1, 0.15) is 17.5 Å². The average molecular weight is 245 g/mol. The second-order valence-electron chi connectivity index (χ2n) is 3.62. The maximum Gasteiger partial charge on any atom is 0.145 e. The lowest BCUT2D eigenvalue weighted by Gasteiger charge is -2.08. The summed E-state index contributed by atoms with van der Waals surface area (Å²) in [5.74, 6) is 7.38. The van der Waals surface area contributed by atoms with Crippen molar-refractivity contribution in [2.45, 2.75) is 19.9 Å². The molecule has 0 aliphatic carbocycles. The lowest BCUT2D eigenvalue weighted by molar-refractivity contribution is 0.902. The van der Waals surface area contributed by atoms with Crippen LogP contribution in [0, 0.1) is 0 Å². The highest BCUT2D eigenvalue weighted by atomic mass is 15.3. The molecule has 2 aromatic rings. The Balaban J connectivity index is 2.09. The first-order valence-corrected chi connectivity index (χ1v) is 5.67. The molecule has 0 aliphatic heterocycles. The predicted molar refractivity (Wildman–Crippen MR) is 68.6 cm³/mol. The highest BCUT2D eigenvalue weighted by Gasteiger charge is 2.02. The van der Waals surface area contributed by atoms with E-state index in [1.165, 1.54) is 0 Å². The molecule has 0 bridgehead atoms. The normalized spacial score (nSPS) is 10.1. The smallest absolute Gasteiger partial charge is 0.145 e. The van der Waals surface area contributed by atoms with Gasteiger partial charge in [-0.3, -0.25) is 0 Å². The van der Waals surface area contributed by atoms with Gasteiger partial charge in [-0.1, -0.05) is 6.92 Å². The van der Waals surface area contributed by atoms with Crippen molar-refractivity contribution in [3.63, 3.8) is 0 Å². The molecule has 2 rings (SSSR count). The molecule has 0 saturated carbocycles. The Morgan fingerprint density at radius 3 is 2.78 bits per heavy atom. The van der Waals surface area contributed by atoms with Gasteiger partial charge < -0.3 is 10.7 Å². The molecule has 94 valence electrons. The van der Waals surface area contributed by atoms with Crippen LogP contribution in [0.4, 0.5) is 11.6 Å². The van der Waals surface area contributed by atoms with E-state index in [0.717, 1.165) is 17.9 Å². The summed E-state index contributed by atoms with van der Waals surface area (Å²) in [6.07, 6.45) is 2.38. The molecule has 0 aliphatic rings. The number of nitrogen functional groups attached to an aromatic ring is 1. The zero-order chi connectivity index (χ0) is 12.8. The Hall–Kier alpha value is -2.28. The van der Waals surface area contributed by atoms with Gasteiger partial charge in [0.05, 0.1) is 12.2 Å². The molecule has 0 amide bonds. The van der Waals surface area contributed by atoms with Crippen molar-refractivity contribution in [3.8, 4) is 0 Å². The number of aryl methyl sites for hydroxylation is 1. The van der Waals surface area contributed by atoms with Crippen molar-refractivity contribution in [1.82, 2.24) is 20.2 Å². The van der Waals surface area contributed by atoms with Crippen LogP contribution in [0.3, 0.4) is 0 Å². The first kappa shape index (κ1) is 12.2. The topological polar surface area (TPSA) is 102 Å². The molecular formula is C11H15N7. The van der Waals surface area contributed by atoms with Crippen molar-refractivity contribution in [1.29, 1.82) is 0 Å². The largest absolute Gasteiger partial charge is 0.364 e. The molecule has 18 heavy (non-hydrogen) atoms. The molecule has 0 fully saturated rings. The zero-order valence-electron chi connectivity index (χ0n) is 10.1. The Morgan fingerprint density at radius 2 is 2.11 bits per heavy atom. The fraction of sp³-hybridized carbons (Fsp3) is 0.273. The van der Waals surface area contributed by atoms with Crippen molar-refractivity contribution >= 4 is 11.6 Å². The first-order valence-electron chi connectivity index (χ1n) is 5.67. The van der Waals surface area contributed by atoms with E-state index in [9.17, 15) is 0 Å². The summed E-state index contributed by atoms with van der Waals surface area (Å²) in [5.41, 5.74) is 3.37. The SMILES string of the molecule is CCc1nc(NN)cc(NCc2cccnn2)n1. The molecule has 2 aromatic heterocycles. The molecule has 0 radical (unpaired) electrons. The van der Waals surface area contributed by atoms with E-state index in [-0.39, 0.29) is 0 Å². The number of nitrogens with two attached hydrogens (primary N) is 1. The Bertz CT molecular complexity index is 478. The van der Waals surface area contributed by atoms with E-state index in [1.54, 1.807) is 12.3 Å². The van der Waals surface area contributed by atoms with Gasteiger partial charge in [0.15, 0.2) is 0 Å². The maximum atomic E-state index is 5.36. The number of anilines is 2. The Kier molecular flexibility index (Phi) is 3.98.